The van der Waals surface area contributed by atoms with Gasteiger partial charge in [-0.05, 0) is 19.8 Å². The van der Waals surface area contributed by atoms with Crippen LogP contribution in [0, 0.1) is 0 Å². The summed E-state index contributed by atoms with van der Waals surface area (Å²) in [5.74, 6) is -0.0349. The lowest BCUT2D eigenvalue weighted by Gasteiger charge is -2.20. The summed E-state index contributed by atoms with van der Waals surface area (Å²) in [6, 6.07) is 0. The quantitative estimate of drug-likeness (QED) is 0.427. The first-order chi connectivity index (χ1) is 4.66. The predicted octanol–water partition coefficient (Wildman–Crippen LogP) is 1.91. The van der Waals surface area contributed by atoms with Crippen molar-refractivity contribution in [3.63, 3.8) is 0 Å². The number of halogens is 1. The minimum atomic E-state index is -0.141. The monoisotopic (exact) mass is 254 g/mol. The summed E-state index contributed by atoms with van der Waals surface area (Å²) in [6.07, 6.45) is 2.49. The molecule has 1 atom stereocenters. The lowest BCUT2D eigenvalue weighted by molar-refractivity contribution is -0.147. The average molecular weight is 254 g/mol. The second-order valence-electron chi connectivity index (χ2n) is 2.86. The zero-order chi connectivity index (χ0) is 7.61. The van der Waals surface area contributed by atoms with Crippen molar-refractivity contribution in [2.45, 2.75) is 31.8 Å². The fourth-order valence-electron chi connectivity index (χ4n) is 1.12. The first-order valence-electron chi connectivity index (χ1n) is 3.44. The largest absolute Gasteiger partial charge is 0.459 e. The van der Waals surface area contributed by atoms with Crippen LogP contribution in [0.3, 0.4) is 0 Å². The van der Waals surface area contributed by atoms with E-state index in [0.29, 0.717) is 6.42 Å². The van der Waals surface area contributed by atoms with E-state index in [-0.39, 0.29) is 11.6 Å². The van der Waals surface area contributed by atoms with E-state index in [2.05, 4.69) is 22.6 Å². The van der Waals surface area contributed by atoms with Crippen LogP contribution in [-0.4, -0.2) is 16.0 Å². The molecule has 1 unspecified atom stereocenters. The zero-order valence-corrected chi connectivity index (χ0v) is 8.18. The molecule has 1 heterocycles. The van der Waals surface area contributed by atoms with Gasteiger partial charge in [0.15, 0.2) is 0 Å². The van der Waals surface area contributed by atoms with Gasteiger partial charge >= 0.3 is 5.97 Å². The Morgan fingerprint density at radius 1 is 1.80 bits per heavy atom. The molecule has 0 saturated carbocycles. The van der Waals surface area contributed by atoms with E-state index in [1.165, 1.54) is 0 Å². The maximum absolute atomic E-state index is 10.7. The maximum Gasteiger partial charge on any atom is 0.306 e. The Labute approximate surface area is 74.5 Å². The molecule has 0 aromatic heterocycles. The molecule has 0 spiro atoms. The van der Waals surface area contributed by atoms with Gasteiger partial charge < -0.3 is 4.74 Å². The molecule has 0 bridgehead atoms. The highest BCUT2D eigenvalue weighted by Crippen LogP contribution is 2.29. The van der Waals surface area contributed by atoms with E-state index in [0.717, 1.165) is 17.3 Å². The lowest BCUT2D eigenvalue weighted by Crippen LogP contribution is -2.23. The van der Waals surface area contributed by atoms with Crippen molar-refractivity contribution in [2.75, 3.05) is 4.43 Å². The van der Waals surface area contributed by atoms with Crippen LogP contribution >= 0.6 is 22.6 Å². The van der Waals surface area contributed by atoms with Gasteiger partial charge in [0.1, 0.15) is 5.60 Å². The van der Waals surface area contributed by atoms with Gasteiger partial charge in [-0.1, -0.05) is 22.6 Å². The summed E-state index contributed by atoms with van der Waals surface area (Å²) in [5.41, 5.74) is -0.141. The van der Waals surface area contributed by atoms with Crippen molar-refractivity contribution in [3.05, 3.63) is 0 Å². The topological polar surface area (TPSA) is 26.3 Å². The molecule has 1 aliphatic rings. The predicted molar refractivity (Wildman–Crippen MR) is 47.2 cm³/mol. The number of esters is 1. The number of hydrogen-bond acceptors (Lipinski definition) is 2. The molecule has 1 rings (SSSR count). The molecule has 1 aliphatic heterocycles. The van der Waals surface area contributed by atoms with Crippen molar-refractivity contribution in [1.29, 1.82) is 0 Å². The minimum Gasteiger partial charge on any atom is -0.459 e. The minimum absolute atomic E-state index is 0.0349. The standard InChI is InChI=1S/C7H11IO2/c1-7(4-5-8)3-2-6(9)10-7/h2-5H2,1H3. The summed E-state index contributed by atoms with van der Waals surface area (Å²) in [7, 11) is 0. The van der Waals surface area contributed by atoms with Crippen LogP contribution in [0.15, 0.2) is 0 Å². The first kappa shape index (κ1) is 8.30. The van der Waals surface area contributed by atoms with Gasteiger partial charge in [0, 0.05) is 10.8 Å². The third-order valence-corrected chi connectivity index (χ3v) is 2.38. The molecule has 58 valence electrons. The van der Waals surface area contributed by atoms with E-state index >= 15 is 0 Å². The number of rotatable bonds is 2. The summed E-state index contributed by atoms with van der Waals surface area (Å²) in [5, 5.41) is 0. The van der Waals surface area contributed by atoms with Crippen molar-refractivity contribution >= 4 is 28.6 Å². The maximum atomic E-state index is 10.7. The molecule has 2 nitrogen and oxygen atoms in total. The number of carbonyl (C=O) groups is 1. The van der Waals surface area contributed by atoms with Gasteiger partial charge in [-0.3, -0.25) is 4.79 Å². The summed E-state index contributed by atoms with van der Waals surface area (Å²) in [6.45, 7) is 2.01. The molecule has 1 fully saturated rings. The van der Waals surface area contributed by atoms with Gasteiger partial charge in [0.25, 0.3) is 0 Å². The van der Waals surface area contributed by atoms with Gasteiger partial charge in [0.2, 0.25) is 0 Å². The van der Waals surface area contributed by atoms with E-state index in [4.69, 9.17) is 4.74 Å². The summed E-state index contributed by atoms with van der Waals surface area (Å²) < 4.78 is 6.20. The number of carbonyl (C=O) groups excluding carboxylic acids is 1. The molecule has 3 heteroatoms. The Hall–Kier alpha value is 0.200. The summed E-state index contributed by atoms with van der Waals surface area (Å²) >= 11 is 2.30. The molecule has 0 N–H and O–H groups in total. The second kappa shape index (κ2) is 3.07. The molecule has 0 radical (unpaired) electrons. The van der Waals surface area contributed by atoms with Crippen molar-refractivity contribution in [1.82, 2.24) is 0 Å². The molecule has 0 amide bonds. The van der Waals surface area contributed by atoms with Gasteiger partial charge in [0.05, 0.1) is 0 Å². The Morgan fingerprint density at radius 2 is 2.50 bits per heavy atom. The Bertz CT molecular complexity index is 147. The Kier molecular flexibility index (Phi) is 2.55. The third kappa shape index (κ3) is 1.84. The van der Waals surface area contributed by atoms with E-state index in [1.54, 1.807) is 0 Å². The van der Waals surface area contributed by atoms with Gasteiger partial charge in [-0.25, -0.2) is 0 Å². The zero-order valence-electron chi connectivity index (χ0n) is 6.02. The Balaban J connectivity index is 2.46. The van der Waals surface area contributed by atoms with Gasteiger partial charge in [-0.2, -0.15) is 0 Å². The van der Waals surface area contributed by atoms with Gasteiger partial charge in [-0.15, -0.1) is 0 Å². The number of ether oxygens (including phenoxy) is 1. The highest BCUT2D eigenvalue weighted by atomic mass is 127. The highest BCUT2D eigenvalue weighted by Gasteiger charge is 2.34. The van der Waals surface area contributed by atoms with E-state index in [9.17, 15) is 4.79 Å². The lowest BCUT2D eigenvalue weighted by atomic mass is 10.0. The van der Waals surface area contributed by atoms with E-state index < -0.39 is 0 Å². The third-order valence-electron chi connectivity index (χ3n) is 1.84. The SMILES string of the molecule is CC1(CCI)CCC(=O)O1. The number of hydrogen-bond donors (Lipinski definition) is 0. The average Bonchev–Trinajstić information content (AvgIpc) is 2.12. The van der Waals surface area contributed by atoms with Crippen molar-refractivity contribution < 1.29 is 9.53 Å². The van der Waals surface area contributed by atoms with Crippen LogP contribution in [0.25, 0.3) is 0 Å². The molecular weight excluding hydrogens is 243 g/mol. The van der Waals surface area contributed by atoms with Crippen LogP contribution in [0.4, 0.5) is 0 Å². The molecular formula is C7H11IO2. The molecule has 1 saturated heterocycles. The van der Waals surface area contributed by atoms with Crippen LogP contribution in [0.1, 0.15) is 26.2 Å². The van der Waals surface area contributed by atoms with Crippen molar-refractivity contribution in [3.8, 4) is 0 Å². The number of alkyl halides is 1. The van der Waals surface area contributed by atoms with Crippen LogP contribution in [0.5, 0.6) is 0 Å². The Morgan fingerprint density at radius 3 is 2.90 bits per heavy atom. The highest BCUT2D eigenvalue weighted by molar-refractivity contribution is 14.1. The second-order valence-corrected chi connectivity index (χ2v) is 3.94. The van der Waals surface area contributed by atoms with Crippen LogP contribution in [-0.2, 0) is 9.53 Å². The molecule has 10 heavy (non-hydrogen) atoms. The summed E-state index contributed by atoms with van der Waals surface area (Å²) in [4.78, 5) is 10.7. The fraction of sp³-hybridized carbons (Fsp3) is 0.857. The molecule has 0 aromatic rings. The van der Waals surface area contributed by atoms with E-state index in [1.807, 2.05) is 6.92 Å². The first-order valence-corrected chi connectivity index (χ1v) is 4.97. The number of cyclic esters (lactones) is 1. The van der Waals surface area contributed by atoms with Crippen molar-refractivity contribution in [2.24, 2.45) is 0 Å². The smallest absolute Gasteiger partial charge is 0.306 e. The fourth-order valence-corrected chi connectivity index (χ4v) is 2.26. The van der Waals surface area contributed by atoms with Crippen LogP contribution in [0.2, 0.25) is 0 Å². The molecule has 0 aromatic carbocycles. The molecule has 0 aliphatic carbocycles. The van der Waals surface area contributed by atoms with Crippen LogP contribution < -0.4 is 0 Å². The normalized spacial score (nSPS) is 32.4.